The molecule has 0 atom stereocenters. The van der Waals surface area contributed by atoms with Gasteiger partial charge in [-0.2, -0.15) is 0 Å². The Bertz CT molecular complexity index is 56.3. The van der Waals surface area contributed by atoms with Crippen molar-refractivity contribution >= 4 is 0 Å². The first-order valence-corrected chi connectivity index (χ1v) is 4.33. The van der Waals surface area contributed by atoms with Gasteiger partial charge in [-0.25, -0.2) is 0 Å². The third-order valence-electron chi connectivity index (χ3n) is 0.971. The summed E-state index contributed by atoms with van der Waals surface area (Å²) in [5.74, 6) is 0. The first kappa shape index (κ1) is 14.4. The molecule has 76 valence electrons. The second-order valence-corrected chi connectivity index (χ2v) is 2.02. The summed E-state index contributed by atoms with van der Waals surface area (Å²) in [6, 6.07) is 0. The van der Waals surface area contributed by atoms with Crippen LogP contribution in [0.25, 0.3) is 0 Å². The molecule has 0 spiro atoms. The van der Waals surface area contributed by atoms with Crippen molar-refractivity contribution < 1.29 is 14.9 Å². The molecule has 0 aromatic carbocycles. The van der Waals surface area contributed by atoms with E-state index in [9.17, 15) is 0 Å². The molecule has 4 heteroatoms. The van der Waals surface area contributed by atoms with Gasteiger partial charge in [-0.3, -0.25) is 0 Å². The van der Waals surface area contributed by atoms with Gasteiger partial charge in [-0.05, 0) is 13.1 Å². The van der Waals surface area contributed by atoms with Crippen LogP contribution in [0, 0.1) is 0 Å². The Kier molecular flexibility index (Phi) is 20.4. The maximum Gasteiger partial charge on any atom is 0.0698 e. The molecule has 12 heavy (non-hydrogen) atoms. The van der Waals surface area contributed by atoms with Gasteiger partial charge in [-0.1, -0.05) is 13.8 Å². The molecule has 0 aliphatic rings. The Morgan fingerprint density at radius 1 is 1.00 bits per heavy atom. The molecule has 3 N–H and O–H groups in total. The van der Waals surface area contributed by atoms with Crippen molar-refractivity contribution in [1.29, 1.82) is 0 Å². The zero-order valence-electron chi connectivity index (χ0n) is 8.05. The van der Waals surface area contributed by atoms with Gasteiger partial charge < -0.3 is 20.3 Å². The normalized spacial score (nSPS) is 9.00. The van der Waals surface area contributed by atoms with Crippen LogP contribution in [-0.2, 0) is 4.74 Å². The fourth-order valence-corrected chi connectivity index (χ4v) is 0.481. The maximum absolute atomic E-state index is 8.09. The Morgan fingerprint density at radius 3 is 1.58 bits per heavy atom. The minimum absolute atomic E-state index is 0.0278. The van der Waals surface area contributed by atoms with Gasteiger partial charge in [-0.15, -0.1) is 0 Å². The largest absolute Gasteiger partial charge is 0.394 e. The van der Waals surface area contributed by atoms with Crippen molar-refractivity contribution in [3.05, 3.63) is 0 Å². The molecule has 0 aromatic rings. The molecule has 0 rings (SSSR count). The lowest BCUT2D eigenvalue weighted by molar-refractivity contribution is 0.0650. The highest BCUT2D eigenvalue weighted by Crippen LogP contribution is 1.68. The zero-order valence-corrected chi connectivity index (χ0v) is 8.05. The molecule has 0 amide bonds. The first-order chi connectivity index (χ1) is 5.83. The molecular formula is C8H21NO3. The molecule has 0 saturated carbocycles. The molecular weight excluding hydrogens is 158 g/mol. The highest BCUT2D eigenvalue weighted by molar-refractivity contribution is 4.27. The minimum atomic E-state index is 0.0278. The van der Waals surface area contributed by atoms with Gasteiger partial charge in [0.1, 0.15) is 0 Å². The van der Waals surface area contributed by atoms with E-state index >= 15 is 0 Å². The molecule has 0 saturated heterocycles. The molecule has 0 bridgehead atoms. The Morgan fingerprint density at radius 2 is 1.42 bits per heavy atom. The third kappa shape index (κ3) is 22.5. The quantitative estimate of drug-likeness (QED) is 0.486. The van der Waals surface area contributed by atoms with Crippen molar-refractivity contribution in [2.24, 2.45) is 0 Å². The van der Waals surface area contributed by atoms with Crippen molar-refractivity contribution in [3.63, 3.8) is 0 Å². The van der Waals surface area contributed by atoms with Crippen molar-refractivity contribution in [1.82, 2.24) is 5.32 Å². The number of hydrogen-bond acceptors (Lipinski definition) is 4. The number of rotatable bonds is 6. The lowest BCUT2D eigenvalue weighted by atomic mass is 10.7. The van der Waals surface area contributed by atoms with Crippen molar-refractivity contribution in [3.8, 4) is 0 Å². The SMILES string of the molecule is CCNCC.OCCOCCO. The van der Waals surface area contributed by atoms with E-state index in [1.165, 1.54) is 0 Å². The molecule has 0 heterocycles. The van der Waals surface area contributed by atoms with E-state index in [0.717, 1.165) is 13.1 Å². The molecule has 4 nitrogen and oxygen atoms in total. The van der Waals surface area contributed by atoms with Crippen LogP contribution in [0.15, 0.2) is 0 Å². The molecule has 0 fully saturated rings. The van der Waals surface area contributed by atoms with Crippen LogP contribution >= 0.6 is 0 Å². The predicted octanol–water partition coefficient (Wildman–Crippen LogP) is -0.397. The Hall–Kier alpha value is -0.160. The first-order valence-electron chi connectivity index (χ1n) is 4.33. The summed E-state index contributed by atoms with van der Waals surface area (Å²) in [6.45, 7) is 7.08. The van der Waals surface area contributed by atoms with E-state index < -0.39 is 0 Å². The fraction of sp³-hybridized carbons (Fsp3) is 1.00. The number of aliphatic hydroxyl groups is 2. The summed E-state index contributed by atoms with van der Waals surface area (Å²) >= 11 is 0. The molecule has 0 aliphatic heterocycles. The van der Waals surface area contributed by atoms with E-state index in [2.05, 4.69) is 23.9 Å². The highest BCUT2D eigenvalue weighted by Gasteiger charge is 1.79. The van der Waals surface area contributed by atoms with Crippen LogP contribution in [0.3, 0.4) is 0 Å². The molecule has 0 aromatic heterocycles. The second kappa shape index (κ2) is 17.1. The Balaban J connectivity index is 0. The van der Waals surface area contributed by atoms with E-state index in [-0.39, 0.29) is 13.2 Å². The number of nitrogens with one attached hydrogen (secondary N) is 1. The van der Waals surface area contributed by atoms with Gasteiger partial charge in [0.05, 0.1) is 26.4 Å². The number of hydrogen-bond donors (Lipinski definition) is 3. The standard InChI is InChI=1S/C4H11N.C4H10O3/c1-3-5-4-2;5-1-3-7-4-2-6/h5H,3-4H2,1-2H3;5-6H,1-4H2. The fourth-order valence-electron chi connectivity index (χ4n) is 0.481. The summed E-state index contributed by atoms with van der Waals surface area (Å²) in [4.78, 5) is 0. The van der Waals surface area contributed by atoms with Crippen LogP contribution in [0.4, 0.5) is 0 Å². The van der Waals surface area contributed by atoms with Gasteiger partial charge in [0.15, 0.2) is 0 Å². The van der Waals surface area contributed by atoms with Crippen LogP contribution in [-0.4, -0.2) is 49.7 Å². The van der Waals surface area contributed by atoms with Crippen molar-refractivity contribution in [2.75, 3.05) is 39.5 Å². The molecule has 0 radical (unpaired) electrons. The van der Waals surface area contributed by atoms with E-state index in [4.69, 9.17) is 10.2 Å². The lowest BCUT2D eigenvalue weighted by Crippen LogP contribution is -2.09. The van der Waals surface area contributed by atoms with E-state index in [0.29, 0.717) is 13.2 Å². The van der Waals surface area contributed by atoms with E-state index in [1.807, 2.05) is 0 Å². The van der Waals surface area contributed by atoms with Crippen LogP contribution in [0.2, 0.25) is 0 Å². The average molecular weight is 179 g/mol. The van der Waals surface area contributed by atoms with Gasteiger partial charge in [0.25, 0.3) is 0 Å². The van der Waals surface area contributed by atoms with Crippen LogP contribution in [0.5, 0.6) is 0 Å². The summed E-state index contributed by atoms with van der Waals surface area (Å²) < 4.78 is 4.63. The van der Waals surface area contributed by atoms with Crippen molar-refractivity contribution in [2.45, 2.75) is 13.8 Å². The topological polar surface area (TPSA) is 61.7 Å². The minimum Gasteiger partial charge on any atom is -0.394 e. The summed E-state index contributed by atoms with van der Waals surface area (Å²) in [6.07, 6.45) is 0. The monoisotopic (exact) mass is 179 g/mol. The van der Waals surface area contributed by atoms with Gasteiger partial charge in [0, 0.05) is 0 Å². The number of aliphatic hydroxyl groups excluding tert-OH is 2. The third-order valence-corrected chi connectivity index (χ3v) is 0.971. The average Bonchev–Trinajstić information content (AvgIpc) is 2.08. The zero-order chi connectivity index (χ0) is 9.66. The second-order valence-electron chi connectivity index (χ2n) is 2.02. The summed E-state index contributed by atoms with van der Waals surface area (Å²) in [5.41, 5.74) is 0. The highest BCUT2D eigenvalue weighted by atomic mass is 16.5. The van der Waals surface area contributed by atoms with Gasteiger partial charge in [0.2, 0.25) is 0 Å². The predicted molar refractivity (Wildman–Crippen MR) is 49.2 cm³/mol. The van der Waals surface area contributed by atoms with Gasteiger partial charge >= 0.3 is 0 Å². The van der Waals surface area contributed by atoms with E-state index in [1.54, 1.807) is 0 Å². The molecule has 0 aliphatic carbocycles. The summed E-state index contributed by atoms with van der Waals surface area (Å²) in [5, 5.41) is 19.3. The Labute approximate surface area is 74.6 Å². The smallest absolute Gasteiger partial charge is 0.0698 e. The molecule has 0 unspecified atom stereocenters. The van der Waals surface area contributed by atoms with Crippen LogP contribution < -0.4 is 5.32 Å². The summed E-state index contributed by atoms with van der Waals surface area (Å²) in [7, 11) is 0. The number of ether oxygens (including phenoxy) is 1. The maximum atomic E-state index is 8.09. The van der Waals surface area contributed by atoms with Crippen LogP contribution in [0.1, 0.15) is 13.8 Å². The lowest BCUT2D eigenvalue weighted by Gasteiger charge is -1.94.